The van der Waals surface area contributed by atoms with Gasteiger partial charge in [-0.1, -0.05) is 26.8 Å². The second-order valence-corrected chi connectivity index (χ2v) is 9.95. The Morgan fingerprint density at radius 2 is 2.00 bits per heavy atom. The van der Waals surface area contributed by atoms with E-state index in [-0.39, 0.29) is 18.2 Å². The van der Waals surface area contributed by atoms with Crippen LogP contribution in [0.1, 0.15) is 76.6 Å². The minimum Gasteiger partial charge on any atom is -0.315 e. The van der Waals surface area contributed by atoms with E-state index in [0.29, 0.717) is 29.7 Å². The van der Waals surface area contributed by atoms with Gasteiger partial charge in [-0.25, -0.2) is 4.39 Å². The fourth-order valence-corrected chi connectivity index (χ4v) is 4.90. The van der Waals surface area contributed by atoms with Crippen LogP contribution in [0.3, 0.4) is 0 Å². The first-order valence-electron chi connectivity index (χ1n) is 10.9. The van der Waals surface area contributed by atoms with Crippen LogP contribution in [0.15, 0.2) is 18.2 Å². The lowest BCUT2D eigenvalue weighted by atomic mass is 9.85. The lowest BCUT2D eigenvalue weighted by Gasteiger charge is -2.34. The largest absolute Gasteiger partial charge is 0.315 e. The first-order chi connectivity index (χ1) is 13.5. The standard InChI is InChI=1S/C24H39FN4/c1-15(2)9-16(3)10-19-12-18-8-7-17(14-26)11-20(18)22(19)29-21(23(27)28-6)13-24(4,5)25/h7-8,11,15-16,19,21-23,28-29H,9-10,12-13,27H2,1-6H3. The molecule has 1 aliphatic carbocycles. The molecule has 0 amide bonds. The number of alkyl halides is 1. The van der Waals surface area contributed by atoms with E-state index in [4.69, 9.17) is 5.73 Å². The van der Waals surface area contributed by atoms with Gasteiger partial charge in [-0.15, -0.1) is 0 Å². The zero-order valence-corrected chi connectivity index (χ0v) is 18.9. The van der Waals surface area contributed by atoms with Crippen LogP contribution in [0, 0.1) is 29.1 Å². The highest BCUT2D eigenvalue weighted by Crippen LogP contribution is 2.41. The van der Waals surface area contributed by atoms with E-state index in [2.05, 4.69) is 43.5 Å². The molecule has 0 heterocycles. The molecule has 0 saturated heterocycles. The Morgan fingerprint density at radius 3 is 2.55 bits per heavy atom. The van der Waals surface area contributed by atoms with Gasteiger partial charge in [0.25, 0.3) is 0 Å². The van der Waals surface area contributed by atoms with Crippen molar-refractivity contribution < 1.29 is 4.39 Å². The van der Waals surface area contributed by atoms with Crippen molar-refractivity contribution in [2.24, 2.45) is 23.5 Å². The second-order valence-electron chi connectivity index (χ2n) is 9.95. The predicted molar refractivity (Wildman–Crippen MR) is 118 cm³/mol. The summed E-state index contributed by atoms with van der Waals surface area (Å²) in [4.78, 5) is 0. The van der Waals surface area contributed by atoms with E-state index in [1.807, 2.05) is 19.2 Å². The molecule has 5 atom stereocenters. The molecule has 0 bridgehead atoms. The molecule has 0 radical (unpaired) electrons. The summed E-state index contributed by atoms with van der Waals surface area (Å²) in [6.07, 6.45) is 3.27. The lowest BCUT2D eigenvalue weighted by molar-refractivity contribution is 0.151. The summed E-state index contributed by atoms with van der Waals surface area (Å²) in [6.45, 7) is 10.0. The van der Waals surface area contributed by atoms with Crippen LogP contribution in [0.25, 0.3) is 0 Å². The van der Waals surface area contributed by atoms with Crippen molar-refractivity contribution in [3.8, 4) is 6.07 Å². The Balaban J connectivity index is 2.31. The van der Waals surface area contributed by atoms with Gasteiger partial charge in [0.05, 0.1) is 17.8 Å². The monoisotopic (exact) mass is 402 g/mol. The van der Waals surface area contributed by atoms with Crippen molar-refractivity contribution in [3.63, 3.8) is 0 Å². The Kier molecular flexibility index (Phi) is 8.22. The summed E-state index contributed by atoms with van der Waals surface area (Å²) in [5.41, 5.74) is 8.12. The lowest BCUT2D eigenvalue weighted by Crippen LogP contribution is -2.55. The molecule has 1 aromatic rings. The highest BCUT2D eigenvalue weighted by atomic mass is 19.1. The number of hydrogen-bond donors (Lipinski definition) is 3. The van der Waals surface area contributed by atoms with Crippen molar-refractivity contribution in [1.29, 1.82) is 5.26 Å². The van der Waals surface area contributed by atoms with E-state index in [1.165, 1.54) is 17.5 Å². The molecule has 1 aliphatic rings. The van der Waals surface area contributed by atoms with Gasteiger partial charge in [0.15, 0.2) is 0 Å². The van der Waals surface area contributed by atoms with Gasteiger partial charge in [0, 0.05) is 12.1 Å². The summed E-state index contributed by atoms with van der Waals surface area (Å²) >= 11 is 0. The summed E-state index contributed by atoms with van der Waals surface area (Å²) in [6, 6.07) is 8.13. The van der Waals surface area contributed by atoms with Gasteiger partial charge in [0.1, 0.15) is 5.67 Å². The molecular weight excluding hydrogens is 363 g/mol. The molecule has 162 valence electrons. The highest BCUT2D eigenvalue weighted by Gasteiger charge is 2.37. The van der Waals surface area contributed by atoms with Crippen LogP contribution >= 0.6 is 0 Å². The van der Waals surface area contributed by atoms with Crippen LogP contribution < -0.4 is 16.4 Å². The van der Waals surface area contributed by atoms with Gasteiger partial charge in [-0.3, -0.25) is 0 Å². The molecule has 1 aromatic carbocycles. The molecule has 0 spiro atoms. The maximum Gasteiger partial charge on any atom is 0.107 e. The van der Waals surface area contributed by atoms with Crippen LogP contribution in [0.5, 0.6) is 0 Å². The summed E-state index contributed by atoms with van der Waals surface area (Å²) in [5, 5.41) is 16.2. The molecule has 0 saturated carbocycles. The van der Waals surface area contributed by atoms with Crippen molar-refractivity contribution in [3.05, 3.63) is 34.9 Å². The predicted octanol–water partition coefficient (Wildman–Crippen LogP) is 4.44. The number of halogens is 1. The summed E-state index contributed by atoms with van der Waals surface area (Å²) in [5.74, 6) is 1.70. The second kappa shape index (κ2) is 10.0. The number of nitrogens with zero attached hydrogens (tertiary/aromatic N) is 1. The fourth-order valence-electron chi connectivity index (χ4n) is 4.90. The maximum atomic E-state index is 14.5. The number of nitrogens with two attached hydrogens (primary N) is 1. The molecule has 0 fully saturated rings. The third kappa shape index (κ3) is 6.77. The van der Waals surface area contributed by atoms with Crippen LogP contribution in [0.4, 0.5) is 4.39 Å². The minimum atomic E-state index is -1.32. The SMILES string of the molecule is CNC(N)C(CC(C)(C)F)NC1c2cc(C#N)ccc2CC1CC(C)CC(C)C. The van der Waals surface area contributed by atoms with Gasteiger partial charge in [-0.2, -0.15) is 5.26 Å². The third-order valence-electron chi connectivity index (χ3n) is 6.01. The number of nitrogens with one attached hydrogen (secondary N) is 2. The molecule has 2 rings (SSSR count). The third-order valence-corrected chi connectivity index (χ3v) is 6.01. The Bertz CT molecular complexity index is 704. The zero-order valence-electron chi connectivity index (χ0n) is 18.9. The van der Waals surface area contributed by atoms with Crippen molar-refractivity contribution in [2.75, 3.05) is 7.05 Å². The number of nitriles is 1. The number of hydrogen-bond acceptors (Lipinski definition) is 4. The van der Waals surface area contributed by atoms with E-state index in [1.54, 1.807) is 13.8 Å². The smallest absolute Gasteiger partial charge is 0.107 e. The quantitative estimate of drug-likeness (QED) is 0.506. The van der Waals surface area contributed by atoms with E-state index >= 15 is 0 Å². The molecule has 29 heavy (non-hydrogen) atoms. The van der Waals surface area contributed by atoms with E-state index < -0.39 is 5.67 Å². The average molecular weight is 403 g/mol. The first-order valence-corrected chi connectivity index (χ1v) is 10.9. The number of fused-ring (bicyclic) bond motifs is 1. The first kappa shape index (κ1) is 23.8. The molecule has 5 heteroatoms. The molecule has 4 nitrogen and oxygen atoms in total. The van der Waals surface area contributed by atoms with Gasteiger partial charge in [0.2, 0.25) is 0 Å². The van der Waals surface area contributed by atoms with Crippen molar-refractivity contribution in [2.45, 2.75) is 84.2 Å². The Morgan fingerprint density at radius 1 is 1.31 bits per heavy atom. The van der Waals surface area contributed by atoms with Gasteiger partial charge in [-0.05, 0) is 87.6 Å². The van der Waals surface area contributed by atoms with E-state index in [0.717, 1.165) is 12.8 Å². The summed E-state index contributed by atoms with van der Waals surface area (Å²) < 4.78 is 14.5. The Hall–Kier alpha value is -1.48. The molecule has 4 N–H and O–H groups in total. The average Bonchev–Trinajstić information content (AvgIpc) is 2.94. The van der Waals surface area contributed by atoms with Crippen molar-refractivity contribution >= 4 is 0 Å². The molecule has 0 aliphatic heterocycles. The number of benzene rings is 1. The molecule has 5 unspecified atom stereocenters. The van der Waals surface area contributed by atoms with Crippen LogP contribution in [-0.2, 0) is 6.42 Å². The van der Waals surface area contributed by atoms with Crippen LogP contribution in [0.2, 0.25) is 0 Å². The van der Waals surface area contributed by atoms with Gasteiger partial charge < -0.3 is 16.4 Å². The topological polar surface area (TPSA) is 73.9 Å². The van der Waals surface area contributed by atoms with Crippen LogP contribution in [-0.4, -0.2) is 24.9 Å². The fraction of sp³-hybridized carbons (Fsp3) is 0.708. The van der Waals surface area contributed by atoms with Gasteiger partial charge >= 0.3 is 0 Å². The normalized spacial score (nSPS) is 22.2. The molecular formula is C24H39FN4. The highest BCUT2D eigenvalue weighted by molar-refractivity contribution is 5.43. The van der Waals surface area contributed by atoms with E-state index in [9.17, 15) is 9.65 Å². The zero-order chi connectivity index (χ0) is 21.8. The maximum absolute atomic E-state index is 14.5. The number of likely N-dealkylation sites (N-methyl/N-ethyl adjacent to an activating group) is 1. The Labute approximate surface area is 176 Å². The number of rotatable bonds is 10. The molecule has 0 aromatic heterocycles. The minimum absolute atomic E-state index is 0.0830. The van der Waals surface area contributed by atoms with Crippen molar-refractivity contribution in [1.82, 2.24) is 10.6 Å². The summed E-state index contributed by atoms with van der Waals surface area (Å²) in [7, 11) is 1.81.